The van der Waals surface area contributed by atoms with E-state index >= 15 is 0 Å². The Kier molecular flexibility index (Phi) is 3.18. The number of nitrogens with one attached hydrogen (secondary N) is 3. The van der Waals surface area contributed by atoms with Gasteiger partial charge in [0, 0.05) is 22.2 Å². The maximum Gasteiger partial charge on any atom is 0.268 e. The fourth-order valence-corrected chi connectivity index (χ4v) is 3.29. The molecule has 1 unspecified atom stereocenters. The van der Waals surface area contributed by atoms with E-state index in [9.17, 15) is 9.18 Å². The van der Waals surface area contributed by atoms with Crippen LogP contribution in [-0.2, 0) is 6.42 Å². The van der Waals surface area contributed by atoms with Crippen molar-refractivity contribution in [3.05, 3.63) is 52.7 Å². The number of carbonyl (C=O) groups excluding carboxylic acids is 1. The number of aromatic amines is 2. The molecule has 1 aliphatic carbocycles. The highest BCUT2D eigenvalue weighted by atomic mass is 19.1. The fourth-order valence-electron chi connectivity index (χ4n) is 3.29. The fraction of sp³-hybridized carbons (Fsp3) is 0.294. The van der Waals surface area contributed by atoms with E-state index in [0.717, 1.165) is 41.4 Å². The second-order valence-corrected chi connectivity index (χ2v) is 6.04. The average Bonchev–Trinajstić information content (AvgIpc) is 3.18. The minimum Gasteiger partial charge on any atom is -0.351 e. The van der Waals surface area contributed by atoms with Crippen molar-refractivity contribution >= 4 is 16.8 Å². The molecule has 6 heteroatoms. The van der Waals surface area contributed by atoms with Gasteiger partial charge >= 0.3 is 0 Å². The molecule has 3 N–H and O–H groups in total. The Morgan fingerprint density at radius 1 is 1.43 bits per heavy atom. The molecule has 0 spiro atoms. The number of hydrogen-bond acceptors (Lipinski definition) is 2. The molecule has 2 heterocycles. The van der Waals surface area contributed by atoms with Gasteiger partial charge in [0.15, 0.2) is 0 Å². The third-order valence-electron chi connectivity index (χ3n) is 4.60. The van der Waals surface area contributed by atoms with Crippen molar-refractivity contribution < 1.29 is 9.18 Å². The lowest BCUT2D eigenvalue weighted by Gasteiger charge is -2.22. The van der Waals surface area contributed by atoms with E-state index in [0.29, 0.717) is 11.3 Å². The van der Waals surface area contributed by atoms with Gasteiger partial charge in [-0.1, -0.05) is 0 Å². The third kappa shape index (κ3) is 2.30. The molecule has 0 fully saturated rings. The van der Waals surface area contributed by atoms with Gasteiger partial charge in [0.2, 0.25) is 0 Å². The van der Waals surface area contributed by atoms with Crippen LogP contribution in [0, 0.1) is 12.7 Å². The molecule has 1 aromatic carbocycles. The predicted molar refractivity (Wildman–Crippen MR) is 84.7 cm³/mol. The van der Waals surface area contributed by atoms with Crippen molar-refractivity contribution in [2.24, 2.45) is 0 Å². The number of H-pyrrole nitrogens is 2. The summed E-state index contributed by atoms with van der Waals surface area (Å²) in [7, 11) is 0. The highest BCUT2D eigenvalue weighted by molar-refractivity contribution is 5.99. The second-order valence-electron chi connectivity index (χ2n) is 6.04. The summed E-state index contributed by atoms with van der Waals surface area (Å²) in [5.74, 6) is -0.446. The van der Waals surface area contributed by atoms with Gasteiger partial charge in [0.1, 0.15) is 11.5 Å². The van der Waals surface area contributed by atoms with Gasteiger partial charge in [-0.2, -0.15) is 5.10 Å². The smallest absolute Gasteiger partial charge is 0.268 e. The molecule has 0 saturated heterocycles. The molecule has 4 rings (SSSR count). The zero-order valence-electron chi connectivity index (χ0n) is 12.7. The second kappa shape index (κ2) is 5.22. The van der Waals surface area contributed by atoms with Crippen molar-refractivity contribution in [1.29, 1.82) is 0 Å². The highest BCUT2D eigenvalue weighted by Crippen LogP contribution is 2.28. The molecule has 0 saturated carbocycles. The molecular formula is C17H17FN4O. The number of hydrogen-bond donors (Lipinski definition) is 3. The summed E-state index contributed by atoms with van der Waals surface area (Å²) in [6.45, 7) is 1.71. The van der Waals surface area contributed by atoms with E-state index in [-0.39, 0.29) is 17.8 Å². The Hall–Kier alpha value is -2.63. The first kappa shape index (κ1) is 14.0. The van der Waals surface area contributed by atoms with E-state index < -0.39 is 0 Å². The van der Waals surface area contributed by atoms with Crippen molar-refractivity contribution in [3.8, 4) is 0 Å². The van der Waals surface area contributed by atoms with Crippen LogP contribution < -0.4 is 5.32 Å². The number of fused-ring (bicyclic) bond motifs is 2. The first-order valence-electron chi connectivity index (χ1n) is 7.74. The van der Waals surface area contributed by atoms with E-state index in [1.807, 2.05) is 0 Å². The van der Waals surface area contributed by atoms with Crippen molar-refractivity contribution in [3.63, 3.8) is 0 Å². The summed E-state index contributed by atoms with van der Waals surface area (Å²) in [6, 6.07) is 4.74. The Morgan fingerprint density at radius 3 is 3.17 bits per heavy atom. The summed E-state index contributed by atoms with van der Waals surface area (Å²) < 4.78 is 13.6. The normalized spacial score (nSPS) is 17.2. The Labute approximate surface area is 132 Å². The molecule has 1 atom stereocenters. The lowest BCUT2D eigenvalue weighted by atomic mass is 9.93. The molecule has 3 aromatic rings. The molecule has 1 amide bonds. The summed E-state index contributed by atoms with van der Waals surface area (Å²) in [5.41, 5.74) is 3.91. The minimum absolute atomic E-state index is 0.0331. The summed E-state index contributed by atoms with van der Waals surface area (Å²) in [4.78, 5) is 15.6. The largest absolute Gasteiger partial charge is 0.351 e. The molecular weight excluding hydrogens is 295 g/mol. The average molecular weight is 312 g/mol. The van der Waals surface area contributed by atoms with Crippen LogP contribution in [0.4, 0.5) is 4.39 Å². The molecule has 0 aliphatic heterocycles. The number of amides is 1. The number of aryl methyl sites for hydroxylation is 2. The monoisotopic (exact) mass is 312 g/mol. The zero-order chi connectivity index (χ0) is 16.0. The highest BCUT2D eigenvalue weighted by Gasteiger charge is 2.24. The third-order valence-corrected chi connectivity index (χ3v) is 4.60. The van der Waals surface area contributed by atoms with Crippen molar-refractivity contribution in [1.82, 2.24) is 20.5 Å². The Balaban J connectivity index is 1.62. The first-order chi connectivity index (χ1) is 11.1. The van der Waals surface area contributed by atoms with Crippen molar-refractivity contribution in [2.45, 2.75) is 32.2 Å². The lowest BCUT2D eigenvalue weighted by molar-refractivity contribution is 0.0928. The molecule has 1 aliphatic rings. The van der Waals surface area contributed by atoms with E-state index in [1.54, 1.807) is 25.3 Å². The molecule has 0 bridgehead atoms. The Morgan fingerprint density at radius 2 is 2.30 bits per heavy atom. The molecule has 118 valence electrons. The van der Waals surface area contributed by atoms with Crippen LogP contribution >= 0.6 is 0 Å². The van der Waals surface area contributed by atoms with Crippen LogP contribution in [0.5, 0.6) is 0 Å². The van der Waals surface area contributed by atoms with Gasteiger partial charge in [-0.25, -0.2) is 4.39 Å². The maximum absolute atomic E-state index is 13.6. The van der Waals surface area contributed by atoms with E-state index in [4.69, 9.17) is 0 Å². The number of halogens is 1. The van der Waals surface area contributed by atoms with Gasteiger partial charge in [-0.05, 0) is 49.9 Å². The number of rotatable bonds is 2. The summed E-state index contributed by atoms with van der Waals surface area (Å²) in [6.07, 6.45) is 4.65. The molecule has 0 radical (unpaired) electrons. The molecule has 2 aromatic heterocycles. The van der Waals surface area contributed by atoms with Crippen LogP contribution in [0.1, 0.15) is 46.2 Å². The van der Waals surface area contributed by atoms with E-state index in [1.165, 1.54) is 6.07 Å². The Bertz CT molecular complexity index is 895. The molecule has 5 nitrogen and oxygen atoms in total. The number of carbonyl (C=O) groups is 1. The van der Waals surface area contributed by atoms with Gasteiger partial charge in [-0.15, -0.1) is 0 Å². The zero-order valence-corrected chi connectivity index (χ0v) is 12.7. The topological polar surface area (TPSA) is 73.6 Å². The predicted octanol–water partition coefficient (Wildman–Crippen LogP) is 3.15. The number of benzene rings is 1. The van der Waals surface area contributed by atoms with Crippen molar-refractivity contribution in [2.75, 3.05) is 0 Å². The van der Waals surface area contributed by atoms with Crippen LogP contribution in [0.25, 0.3) is 10.9 Å². The van der Waals surface area contributed by atoms with Gasteiger partial charge < -0.3 is 10.3 Å². The number of aromatic nitrogens is 3. The summed E-state index contributed by atoms with van der Waals surface area (Å²) in [5, 5.41) is 10.8. The SMILES string of the molecule is Cc1c(F)ccc2[nH]c(C(=O)NC3CCCc4[nH]ncc43)cc12. The lowest BCUT2D eigenvalue weighted by Crippen LogP contribution is -2.30. The maximum atomic E-state index is 13.6. The quantitative estimate of drug-likeness (QED) is 0.680. The van der Waals surface area contributed by atoms with Crippen LogP contribution in [0.15, 0.2) is 24.4 Å². The van der Waals surface area contributed by atoms with Crippen LogP contribution in [-0.4, -0.2) is 21.1 Å². The minimum atomic E-state index is -0.265. The van der Waals surface area contributed by atoms with Gasteiger partial charge in [0.05, 0.1) is 12.2 Å². The standard InChI is InChI=1S/C17H17FN4O/c1-9-10-7-16(20-14(10)6-5-12(9)18)17(23)21-13-3-2-4-15-11(13)8-19-22-15/h5-8,13,20H,2-4H2,1H3,(H,19,22)(H,21,23). The van der Waals surface area contributed by atoms with E-state index in [2.05, 4.69) is 20.5 Å². The van der Waals surface area contributed by atoms with Crippen LogP contribution in [0.2, 0.25) is 0 Å². The molecule has 23 heavy (non-hydrogen) atoms. The first-order valence-corrected chi connectivity index (χ1v) is 7.74. The number of nitrogens with zero attached hydrogens (tertiary/aromatic N) is 1. The van der Waals surface area contributed by atoms with Gasteiger partial charge in [-0.3, -0.25) is 9.89 Å². The summed E-state index contributed by atoms with van der Waals surface area (Å²) >= 11 is 0. The van der Waals surface area contributed by atoms with Crippen LogP contribution in [0.3, 0.4) is 0 Å². The van der Waals surface area contributed by atoms with Gasteiger partial charge in [0.25, 0.3) is 5.91 Å².